The fraction of sp³-hybridized carbons (Fsp3) is 0.190. The van der Waals surface area contributed by atoms with Gasteiger partial charge in [-0.15, -0.1) is 0 Å². The van der Waals surface area contributed by atoms with Crippen LogP contribution in [-0.4, -0.2) is 35.2 Å². The Morgan fingerprint density at radius 3 is 2.70 bits per heavy atom. The van der Waals surface area contributed by atoms with Gasteiger partial charge in [0, 0.05) is 10.6 Å². The van der Waals surface area contributed by atoms with Crippen molar-refractivity contribution in [3.05, 3.63) is 67.1 Å². The number of rotatable bonds is 7. The van der Waals surface area contributed by atoms with Crippen molar-refractivity contribution in [2.75, 3.05) is 13.2 Å². The molecule has 1 fully saturated rings. The fourth-order valence-electron chi connectivity index (χ4n) is 2.62. The van der Waals surface area contributed by atoms with Crippen LogP contribution in [-0.2, 0) is 20.9 Å². The monoisotopic (exact) mass is 557 g/mol. The average Bonchev–Trinajstić information content (AvgIpc) is 2.96. The summed E-state index contributed by atoms with van der Waals surface area (Å²) in [7, 11) is 0. The molecule has 0 radical (unpaired) electrons. The van der Waals surface area contributed by atoms with Crippen LogP contribution >= 0.6 is 46.0 Å². The molecule has 2 amide bonds. The maximum Gasteiger partial charge on any atom is 0.326 e. The molecule has 0 atom stereocenters. The molecule has 1 aliphatic rings. The van der Waals surface area contributed by atoms with Crippen LogP contribution in [0.2, 0.25) is 5.02 Å². The predicted molar refractivity (Wildman–Crippen MR) is 124 cm³/mol. The Balaban J connectivity index is 1.69. The van der Waals surface area contributed by atoms with E-state index in [0.29, 0.717) is 17.4 Å². The van der Waals surface area contributed by atoms with Gasteiger partial charge in [-0.1, -0.05) is 35.9 Å². The lowest BCUT2D eigenvalue weighted by atomic mass is 10.2. The van der Waals surface area contributed by atoms with Crippen molar-refractivity contribution >= 4 is 69.1 Å². The van der Waals surface area contributed by atoms with Gasteiger partial charge in [-0.05, 0) is 71.1 Å². The van der Waals surface area contributed by atoms with Crippen molar-refractivity contribution < 1.29 is 23.9 Å². The lowest BCUT2D eigenvalue weighted by Gasteiger charge is -2.11. The van der Waals surface area contributed by atoms with Crippen LogP contribution in [0.15, 0.2) is 47.4 Å². The minimum atomic E-state index is -0.615. The largest absolute Gasteiger partial charge is 0.488 e. The number of esters is 1. The normalized spacial score (nSPS) is 15.0. The summed E-state index contributed by atoms with van der Waals surface area (Å²) in [6.07, 6.45) is 1.62. The lowest BCUT2D eigenvalue weighted by Crippen LogP contribution is -2.34. The molecule has 1 heterocycles. The highest BCUT2D eigenvalue weighted by Crippen LogP contribution is 2.33. The molecule has 6 nitrogen and oxygen atoms in total. The summed E-state index contributed by atoms with van der Waals surface area (Å²) >= 11 is 9.10. The second-order valence-electron chi connectivity index (χ2n) is 6.14. The van der Waals surface area contributed by atoms with Gasteiger partial charge in [0.15, 0.2) is 0 Å². The Kier molecular flexibility index (Phi) is 7.79. The second-order valence-corrected chi connectivity index (χ2v) is 8.71. The molecule has 2 aromatic rings. The maximum absolute atomic E-state index is 12.5. The standard InChI is InChI=1S/C21H17ClINO5S/c1-2-28-19(25)11-24-20(26)18(30-21(24)27)10-13-7-8-17(16(23)9-13)29-12-14-5-3-4-6-15(14)22/h3-10H,2,11-12H2,1H3/b18-10+. The van der Waals surface area contributed by atoms with Crippen LogP contribution in [0.5, 0.6) is 5.75 Å². The van der Waals surface area contributed by atoms with Gasteiger partial charge in [0.1, 0.15) is 18.9 Å². The van der Waals surface area contributed by atoms with Gasteiger partial charge in [0.25, 0.3) is 11.1 Å². The van der Waals surface area contributed by atoms with Crippen LogP contribution < -0.4 is 4.74 Å². The van der Waals surface area contributed by atoms with Gasteiger partial charge in [-0.25, -0.2) is 0 Å². The maximum atomic E-state index is 12.5. The van der Waals surface area contributed by atoms with Crippen LogP contribution in [0.4, 0.5) is 4.79 Å². The van der Waals surface area contributed by atoms with Crippen molar-refractivity contribution in [2.45, 2.75) is 13.5 Å². The van der Waals surface area contributed by atoms with Crippen LogP contribution in [0.1, 0.15) is 18.1 Å². The first-order valence-electron chi connectivity index (χ1n) is 8.95. The van der Waals surface area contributed by atoms with Crippen molar-refractivity contribution in [3.63, 3.8) is 0 Å². The van der Waals surface area contributed by atoms with E-state index in [-0.39, 0.29) is 18.1 Å². The predicted octanol–water partition coefficient (Wildman–Crippen LogP) is 5.12. The third kappa shape index (κ3) is 5.55. The number of amides is 2. The molecule has 0 saturated carbocycles. The van der Waals surface area contributed by atoms with E-state index < -0.39 is 17.1 Å². The van der Waals surface area contributed by atoms with Crippen LogP contribution in [0.25, 0.3) is 6.08 Å². The molecule has 1 saturated heterocycles. The molecule has 0 bridgehead atoms. The van der Waals surface area contributed by atoms with Crippen LogP contribution in [0, 0.1) is 3.57 Å². The van der Waals surface area contributed by atoms with E-state index in [2.05, 4.69) is 22.6 Å². The Morgan fingerprint density at radius 1 is 1.23 bits per heavy atom. The van der Waals surface area contributed by atoms with Gasteiger partial charge in [-0.3, -0.25) is 19.3 Å². The lowest BCUT2D eigenvalue weighted by molar-refractivity contribution is -0.145. The summed E-state index contributed by atoms with van der Waals surface area (Å²) in [6.45, 7) is 1.80. The van der Waals surface area contributed by atoms with Gasteiger partial charge >= 0.3 is 5.97 Å². The zero-order chi connectivity index (χ0) is 21.7. The van der Waals surface area contributed by atoms with E-state index in [4.69, 9.17) is 21.1 Å². The molecule has 156 valence electrons. The third-order valence-corrected chi connectivity index (χ3v) is 6.18. The van der Waals surface area contributed by atoms with Gasteiger partial charge in [0.2, 0.25) is 0 Å². The Morgan fingerprint density at radius 2 is 2.00 bits per heavy atom. The summed E-state index contributed by atoms with van der Waals surface area (Å²) in [5.41, 5.74) is 1.63. The Hall–Kier alpha value is -2.04. The molecule has 3 rings (SSSR count). The number of carbonyl (C=O) groups is 3. The summed E-state index contributed by atoms with van der Waals surface area (Å²) in [5, 5.41) is 0.149. The first-order valence-corrected chi connectivity index (χ1v) is 11.2. The molecule has 30 heavy (non-hydrogen) atoms. The third-order valence-electron chi connectivity index (χ3n) is 4.06. The molecule has 0 aliphatic carbocycles. The van der Waals surface area contributed by atoms with Gasteiger partial charge < -0.3 is 9.47 Å². The molecule has 0 unspecified atom stereocenters. The summed E-state index contributed by atoms with van der Waals surface area (Å²) in [6, 6.07) is 12.9. The second kappa shape index (κ2) is 10.3. The summed E-state index contributed by atoms with van der Waals surface area (Å²) < 4.78 is 11.5. The number of benzene rings is 2. The van der Waals surface area contributed by atoms with Gasteiger partial charge in [0.05, 0.1) is 15.1 Å². The number of thioether (sulfide) groups is 1. The van der Waals surface area contributed by atoms with Crippen molar-refractivity contribution in [2.24, 2.45) is 0 Å². The quantitative estimate of drug-likeness (QED) is 0.267. The zero-order valence-corrected chi connectivity index (χ0v) is 19.6. The molecule has 9 heteroatoms. The molecule has 0 aromatic heterocycles. The topological polar surface area (TPSA) is 72.9 Å². The summed E-state index contributed by atoms with van der Waals surface area (Å²) in [4.78, 5) is 37.3. The van der Waals surface area contributed by atoms with E-state index in [1.807, 2.05) is 30.3 Å². The van der Waals surface area contributed by atoms with Crippen molar-refractivity contribution in [1.82, 2.24) is 4.90 Å². The SMILES string of the molecule is CCOC(=O)CN1C(=O)S/C(=C/c2ccc(OCc3ccccc3Cl)c(I)c2)C1=O. The van der Waals surface area contributed by atoms with E-state index in [9.17, 15) is 14.4 Å². The minimum Gasteiger partial charge on any atom is -0.488 e. The Labute approximate surface area is 196 Å². The first kappa shape index (κ1) is 22.6. The molecule has 0 spiro atoms. The molecule has 0 N–H and O–H groups in total. The van der Waals surface area contributed by atoms with E-state index in [1.165, 1.54) is 0 Å². The molecular formula is C21H17ClINO5S. The number of halogens is 2. The Bertz CT molecular complexity index is 1030. The first-order chi connectivity index (χ1) is 14.4. The molecular weight excluding hydrogens is 541 g/mol. The number of hydrogen-bond donors (Lipinski definition) is 0. The highest BCUT2D eigenvalue weighted by atomic mass is 127. The van der Waals surface area contributed by atoms with Crippen molar-refractivity contribution in [1.29, 1.82) is 0 Å². The van der Waals surface area contributed by atoms with E-state index in [1.54, 1.807) is 25.1 Å². The van der Waals surface area contributed by atoms with Gasteiger partial charge in [-0.2, -0.15) is 0 Å². The molecule has 1 aliphatic heterocycles. The van der Waals surface area contributed by atoms with E-state index in [0.717, 1.165) is 31.4 Å². The number of nitrogens with zero attached hydrogens (tertiary/aromatic N) is 1. The highest BCUT2D eigenvalue weighted by Gasteiger charge is 2.36. The molecule has 2 aromatic carbocycles. The smallest absolute Gasteiger partial charge is 0.326 e. The highest BCUT2D eigenvalue weighted by molar-refractivity contribution is 14.1. The van der Waals surface area contributed by atoms with Crippen LogP contribution in [0.3, 0.4) is 0 Å². The zero-order valence-electron chi connectivity index (χ0n) is 15.9. The summed E-state index contributed by atoms with van der Waals surface area (Å²) in [5.74, 6) is -0.439. The van der Waals surface area contributed by atoms with Crippen molar-refractivity contribution in [3.8, 4) is 5.75 Å². The fourth-order valence-corrected chi connectivity index (χ4v) is 4.34. The number of hydrogen-bond acceptors (Lipinski definition) is 6. The average molecular weight is 558 g/mol. The minimum absolute atomic E-state index is 0.189. The number of carbonyl (C=O) groups excluding carboxylic acids is 3. The number of ether oxygens (including phenoxy) is 2. The van der Waals surface area contributed by atoms with E-state index >= 15 is 0 Å². The number of imide groups is 1.